The fourth-order valence-electron chi connectivity index (χ4n) is 9.68. The van der Waals surface area contributed by atoms with Gasteiger partial charge in [-0.25, -0.2) is 4.57 Å². The number of hydrogen-bond acceptors (Lipinski definition) is 5. The lowest BCUT2D eigenvalue weighted by Crippen LogP contribution is -2.28. The minimum atomic E-state index is -4.66. The van der Waals surface area contributed by atoms with Crippen LogP contribution in [0.1, 0.15) is 348 Å². The predicted octanol–water partition coefficient (Wildman–Crippen LogP) is 20.3. The van der Waals surface area contributed by atoms with Gasteiger partial charge >= 0.3 is 13.8 Å². The zero-order valence-corrected chi connectivity index (χ0v) is 46.2. The smallest absolute Gasteiger partial charge is 0.457 e. The largest absolute Gasteiger partial charge is 0.469 e. The molecule has 402 valence electrons. The summed E-state index contributed by atoms with van der Waals surface area (Å²) in [4.78, 5) is 30.9. The third-order valence-electron chi connectivity index (χ3n) is 14.2. The van der Waals surface area contributed by atoms with Crippen LogP contribution in [0, 0.1) is 0 Å². The van der Waals surface area contributed by atoms with Crippen LogP contribution in [0.4, 0.5) is 0 Å². The molecule has 67 heavy (non-hydrogen) atoms. The third kappa shape index (κ3) is 59.8. The van der Waals surface area contributed by atoms with Crippen molar-refractivity contribution in [3.05, 3.63) is 0 Å². The molecule has 0 aliphatic carbocycles. The van der Waals surface area contributed by atoms with Gasteiger partial charge < -0.3 is 19.3 Å². The first-order chi connectivity index (χ1) is 32.9. The Bertz CT molecular complexity index is 989. The van der Waals surface area contributed by atoms with Gasteiger partial charge in [0.1, 0.15) is 6.10 Å². The molecule has 0 heterocycles. The van der Waals surface area contributed by atoms with E-state index in [4.69, 9.17) is 9.47 Å². The van der Waals surface area contributed by atoms with Crippen molar-refractivity contribution >= 4 is 13.8 Å². The molecule has 0 rings (SSSR count). The summed E-state index contributed by atoms with van der Waals surface area (Å²) >= 11 is 0. The van der Waals surface area contributed by atoms with E-state index in [1.165, 1.54) is 295 Å². The fraction of sp³-hybridized carbons (Fsp3) is 0.983. The number of esters is 1. The molecule has 0 aromatic carbocycles. The highest BCUT2D eigenvalue weighted by Crippen LogP contribution is 2.36. The van der Waals surface area contributed by atoms with Gasteiger partial charge in [0.05, 0.1) is 13.2 Å². The van der Waals surface area contributed by atoms with Crippen molar-refractivity contribution in [2.24, 2.45) is 0 Å². The van der Waals surface area contributed by atoms with Crippen LogP contribution in [0.5, 0.6) is 0 Å². The summed E-state index contributed by atoms with van der Waals surface area (Å²) in [6, 6.07) is 0. The van der Waals surface area contributed by atoms with Gasteiger partial charge in [-0.1, -0.05) is 328 Å². The zero-order valence-electron chi connectivity index (χ0n) is 45.4. The van der Waals surface area contributed by atoms with Crippen LogP contribution in [0.3, 0.4) is 0 Å². The van der Waals surface area contributed by atoms with Gasteiger partial charge in [0.15, 0.2) is 0 Å². The normalized spacial score (nSPS) is 12.4. The fourth-order valence-corrected chi connectivity index (χ4v) is 10.0. The van der Waals surface area contributed by atoms with Gasteiger partial charge in [-0.15, -0.1) is 0 Å². The van der Waals surface area contributed by atoms with E-state index in [1.807, 2.05) is 0 Å². The first-order valence-corrected chi connectivity index (χ1v) is 31.9. The van der Waals surface area contributed by atoms with E-state index in [9.17, 15) is 19.1 Å². The molecular formula is C59H119O7P. The van der Waals surface area contributed by atoms with Crippen molar-refractivity contribution < 1.29 is 33.1 Å². The quantitative estimate of drug-likeness (QED) is 0.0356. The van der Waals surface area contributed by atoms with E-state index in [1.54, 1.807) is 0 Å². The lowest BCUT2D eigenvalue weighted by Gasteiger charge is -2.18. The van der Waals surface area contributed by atoms with Crippen LogP contribution < -0.4 is 0 Å². The van der Waals surface area contributed by atoms with Crippen LogP contribution in [-0.4, -0.2) is 41.7 Å². The number of phosphoric acid groups is 1. The van der Waals surface area contributed by atoms with Crippen LogP contribution in [0.25, 0.3) is 0 Å². The zero-order chi connectivity index (χ0) is 48.7. The number of carbonyl (C=O) groups excluding carboxylic acids is 1. The monoisotopic (exact) mass is 971 g/mol. The second-order valence-electron chi connectivity index (χ2n) is 21.0. The second-order valence-corrected chi connectivity index (χ2v) is 22.3. The first kappa shape index (κ1) is 66.5. The molecule has 0 bridgehead atoms. The Hall–Kier alpha value is -0.460. The van der Waals surface area contributed by atoms with Crippen molar-refractivity contribution in [2.45, 2.75) is 354 Å². The number of rotatable bonds is 59. The summed E-state index contributed by atoms with van der Waals surface area (Å²) in [5.74, 6) is -0.350. The topological polar surface area (TPSA) is 102 Å². The van der Waals surface area contributed by atoms with E-state index >= 15 is 0 Å². The van der Waals surface area contributed by atoms with Gasteiger partial charge in [0.2, 0.25) is 0 Å². The molecule has 0 aliphatic rings. The average Bonchev–Trinajstić information content (AvgIpc) is 3.31. The number of unbranched alkanes of at least 4 members (excludes halogenated alkanes) is 49. The third-order valence-corrected chi connectivity index (χ3v) is 14.6. The van der Waals surface area contributed by atoms with E-state index in [-0.39, 0.29) is 19.2 Å². The van der Waals surface area contributed by atoms with Crippen molar-refractivity contribution in [1.82, 2.24) is 0 Å². The highest BCUT2D eigenvalue weighted by Gasteiger charge is 2.21. The molecule has 0 unspecified atom stereocenters. The maximum atomic E-state index is 12.5. The molecule has 7 nitrogen and oxygen atoms in total. The molecule has 0 fully saturated rings. The lowest BCUT2D eigenvalue weighted by molar-refractivity contribution is -0.154. The van der Waals surface area contributed by atoms with Crippen molar-refractivity contribution in [3.63, 3.8) is 0 Å². The van der Waals surface area contributed by atoms with Crippen LogP contribution in [0.15, 0.2) is 0 Å². The lowest BCUT2D eigenvalue weighted by atomic mass is 10.0. The van der Waals surface area contributed by atoms with Gasteiger partial charge in [0, 0.05) is 13.0 Å². The summed E-state index contributed by atoms with van der Waals surface area (Å²) in [6.07, 6.45) is 68.8. The molecule has 0 aliphatic heterocycles. The average molecular weight is 972 g/mol. The Morgan fingerprint density at radius 1 is 0.343 bits per heavy atom. The first-order valence-electron chi connectivity index (χ1n) is 30.4. The second kappa shape index (κ2) is 56.5. The molecule has 0 saturated carbocycles. The van der Waals surface area contributed by atoms with Gasteiger partial charge in [0.25, 0.3) is 0 Å². The number of hydrogen-bond donors (Lipinski definition) is 2. The van der Waals surface area contributed by atoms with Gasteiger partial charge in [-0.2, -0.15) is 0 Å². The molecule has 0 spiro atoms. The maximum Gasteiger partial charge on any atom is 0.469 e. The molecule has 0 amide bonds. The van der Waals surface area contributed by atoms with Crippen LogP contribution in [0.2, 0.25) is 0 Å². The Morgan fingerprint density at radius 3 is 0.806 bits per heavy atom. The van der Waals surface area contributed by atoms with E-state index in [0.717, 1.165) is 32.1 Å². The highest BCUT2D eigenvalue weighted by molar-refractivity contribution is 7.46. The van der Waals surface area contributed by atoms with Crippen LogP contribution in [-0.2, 0) is 23.4 Å². The number of ether oxygens (including phenoxy) is 2. The van der Waals surface area contributed by atoms with Crippen molar-refractivity contribution in [3.8, 4) is 0 Å². The van der Waals surface area contributed by atoms with Crippen molar-refractivity contribution in [1.29, 1.82) is 0 Å². The molecule has 0 aromatic rings. The molecule has 2 N–H and O–H groups in total. The van der Waals surface area contributed by atoms with E-state index in [0.29, 0.717) is 13.0 Å². The molecule has 8 heteroatoms. The molecule has 0 saturated heterocycles. The number of carbonyl (C=O) groups is 1. The summed E-state index contributed by atoms with van der Waals surface area (Å²) in [7, 11) is -4.66. The Morgan fingerprint density at radius 2 is 0.567 bits per heavy atom. The summed E-state index contributed by atoms with van der Waals surface area (Å²) < 4.78 is 27.3. The Balaban J connectivity index is 3.56. The molecular weight excluding hydrogens is 852 g/mol. The minimum absolute atomic E-state index is 0.0878. The van der Waals surface area contributed by atoms with Gasteiger partial charge in [-0.05, 0) is 12.8 Å². The van der Waals surface area contributed by atoms with Crippen LogP contribution >= 0.6 is 7.82 Å². The molecule has 0 radical (unpaired) electrons. The standard InChI is InChI=1S/C59H119O7P/c1-3-5-7-9-11-13-15-17-19-21-23-25-26-27-28-29-30-31-32-33-34-35-36-38-40-42-44-46-48-50-52-54-59(60)66-58(57-65-67(61,62)63)56-64-55-53-51-49-47-45-43-41-39-37-24-22-20-18-16-14-12-10-8-6-4-2/h58H,3-57H2,1-2H3,(H2,61,62,63)/t58-/m1/s1. The minimum Gasteiger partial charge on any atom is -0.457 e. The molecule has 1 atom stereocenters. The Kier molecular flexibility index (Phi) is 56.1. The summed E-state index contributed by atoms with van der Waals surface area (Å²) in [5, 5.41) is 0. The maximum absolute atomic E-state index is 12.5. The van der Waals surface area contributed by atoms with Gasteiger partial charge in [-0.3, -0.25) is 9.32 Å². The van der Waals surface area contributed by atoms with E-state index < -0.39 is 13.9 Å². The Labute approximate surface area is 419 Å². The van der Waals surface area contributed by atoms with E-state index in [2.05, 4.69) is 18.4 Å². The highest BCUT2D eigenvalue weighted by atomic mass is 31.2. The SMILES string of the molecule is CCCCCCCCCCCCCCCCCCCCCCCCCCCCCCCCCC(=O)O[C@H](COCCCCCCCCCCCCCCCCCCCCCC)COP(=O)(O)O. The summed E-state index contributed by atoms with van der Waals surface area (Å²) in [5.41, 5.74) is 0. The summed E-state index contributed by atoms with van der Waals surface area (Å²) in [6.45, 7) is 4.85. The molecule has 0 aromatic heterocycles. The van der Waals surface area contributed by atoms with Crippen molar-refractivity contribution in [2.75, 3.05) is 19.8 Å². The predicted molar refractivity (Wildman–Crippen MR) is 290 cm³/mol. The number of phosphoric ester groups is 1.